The Bertz CT molecular complexity index is 316. The molecule has 1 radical (unpaired) electrons. The van der Waals surface area contributed by atoms with Crippen molar-refractivity contribution in [1.29, 1.82) is 0 Å². The molecule has 0 saturated heterocycles. The van der Waals surface area contributed by atoms with E-state index in [9.17, 15) is 10.3 Å². The van der Waals surface area contributed by atoms with Crippen molar-refractivity contribution >= 4 is 5.69 Å². The summed E-state index contributed by atoms with van der Waals surface area (Å²) in [4.78, 5) is 0. The molecule has 0 bridgehead atoms. The Hall–Kier alpha value is -1.46. The van der Waals surface area contributed by atoms with Crippen molar-refractivity contribution in [2.45, 2.75) is 0 Å². The number of hydrogen-bond acceptors (Lipinski definition) is 4. The Labute approximate surface area is 65.1 Å². The second-order valence-corrected chi connectivity index (χ2v) is 1.73. The minimum Gasteiger partial charge on any atom is -0.871 e. The maximum absolute atomic E-state index is 11.0. The molecule has 0 aromatic heterocycles. The van der Waals surface area contributed by atoms with Gasteiger partial charge in [-0.2, -0.15) is 0 Å². The molecule has 0 fully saturated rings. The third-order valence-corrected chi connectivity index (χ3v) is 1.04. The van der Waals surface area contributed by atoms with Crippen molar-refractivity contribution in [2.75, 3.05) is 5.23 Å². The Morgan fingerprint density at radius 2 is 2.27 bits per heavy atom. The fourth-order valence-electron chi connectivity index (χ4n) is 0.592. The van der Waals surface area contributed by atoms with E-state index in [4.69, 9.17) is 13.1 Å². The van der Waals surface area contributed by atoms with Crippen LogP contribution >= 0.6 is 0 Å². The number of rotatable bonds is 1. The Morgan fingerprint density at radius 1 is 1.64 bits per heavy atom. The summed E-state index contributed by atoms with van der Waals surface area (Å²) < 4.78 is 14.0. The van der Waals surface area contributed by atoms with Crippen LogP contribution < -0.4 is 10.3 Å². The van der Waals surface area contributed by atoms with Crippen LogP contribution in [0.5, 0.6) is 11.5 Å². The molecule has 1 rings (SSSR count). The highest BCUT2D eigenvalue weighted by Crippen LogP contribution is 2.32. The predicted molar refractivity (Wildman–Crippen MR) is 32.5 cm³/mol. The fraction of sp³-hybridized carbons (Fsp3) is 0. The molecular weight excluding hydrogens is 150 g/mol. The zero-order chi connectivity index (χ0) is 10.2. The average Bonchev–Trinajstić information content (AvgIpc) is 2.01. The number of benzene rings is 1. The Morgan fingerprint density at radius 3 is 2.82 bits per heavy atom. The van der Waals surface area contributed by atoms with Crippen molar-refractivity contribution in [3.05, 3.63) is 18.2 Å². The predicted octanol–water partition coefficient (Wildman–Crippen LogP) is 0.00690. The summed E-state index contributed by atoms with van der Waals surface area (Å²) in [6, 6.07) is -0.410. The number of phenolic OH excluding ortho intramolecular Hbond substituents is 1. The highest BCUT2D eigenvalue weighted by molar-refractivity contribution is 5.62. The summed E-state index contributed by atoms with van der Waals surface area (Å²) in [5, 5.41) is 37.8. The number of hydrogen-bond donors (Lipinski definition) is 2. The third kappa shape index (κ3) is 1.34. The second-order valence-electron chi connectivity index (χ2n) is 1.73. The normalized spacial score (nSPS) is 12.2. The first-order chi connectivity index (χ1) is 5.95. The van der Waals surface area contributed by atoms with Gasteiger partial charge in [0.05, 0.1) is 2.74 Å². The van der Waals surface area contributed by atoms with Gasteiger partial charge in [-0.15, -0.1) is 0 Å². The molecule has 0 aliphatic heterocycles. The number of aromatic hydroxyl groups is 1. The number of phenols is 1. The lowest BCUT2D eigenvalue weighted by Gasteiger charge is -2.15. The molecule has 1 aromatic rings. The second kappa shape index (κ2) is 2.65. The number of para-hydroxylation sites is 1. The largest absolute Gasteiger partial charge is 0.871 e. The molecule has 0 aliphatic rings. The molecule has 0 amide bonds. The van der Waals surface area contributed by atoms with Gasteiger partial charge in [0.2, 0.25) is 0 Å². The van der Waals surface area contributed by atoms with Gasteiger partial charge < -0.3 is 10.2 Å². The minimum atomic E-state index is -1.12. The van der Waals surface area contributed by atoms with Crippen molar-refractivity contribution in [2.24, 2.45) is 0 Å². The lowest BCUT2D eigenvalue weighted by Crippen LogP contribution is -2.11. The standard InChI is InChI=1S/C6H6NO4/c8-4-2-1-3-5(9)6(4)7(10)11/h1-3,8-10H/p-1/i2D,3D. The fourth-order valence-corrected chi connectivity index (χ4v) is 0.592. The molecule has 0 atom stereocenters. The van der Waals surface area contributed by atoms with E-state index in [2.05, 4.69) is 0 Å². The summed E-state index contributed by atoms with van der Waals surface area (Å²) in [6.45, 7) is 0. The number of anilines is 1. The highest BCUT2D eigenvalue weighted by Gasteiger charge is 2.06. The van der Waals surface area contributed by atoms with Crippen molar-refractivity contribution in [3.63, 3.8) is 0 Å². The van der Waals surface area contributed by atoms with Gasteiger partial charge >= 0.3 is 0 Å². The topological polar surface area (TPSA) is 86.7 Å². The van der Waals surface area contributed by atoms with E-state index in [1.165, 1.54) is 0 Å². The first-order valence-electron chi connectivity index (χ1n) is 3.61. The van der Waals surface area contributed by atoms with Gasteiger partial charge in [-0.05, 0) is 6.04 Å². The van der Waals surface area contributed by atoms with Crippen LogP contribution in [0.15, 0.2) is 18.2 Å². The first kappa shape index (κ1) is 5.22. The summed E-state index contributed by atoms with van der Waals surface area (Å²) in [6.07, 6.45) is 0. The van der Waals surface area contributed by atoms with Crippen LogP contribution in [0.4, 0.5) is 5.69 Å². The van der Waals surface area contributed by atoms with Crippen LogP contribution in [0.25, 0.3) is 0 Å². The molecule has 0 spiro atoms. The maximum Gasteiger partial charge on any atom is 0.143 e. The van der Waals surface area contributed by atoms with Gasteiger partial charge in [0.25, 0.3) is 0 Å². The van der Waals surface area contributed by atoms with Crippen LogP contribution in [-0.2, 0) is 5.21 Å². The molecule has 0 unspecified atom stereocenters. The van der Waals surface area contributed by atoms with Crippen molar-refractivity contribution < 1.29 is 23.4 Å². The summed E-state index contributed by atoms with van der Waals surface area (Å²) in [5.41, 5.74) is -1.00. The molecule has 0 aliphatic carbocycles. The van der Waals surface area contributed by atoms with Crippen LogP contribution in [0, 0.1) is 0 Å². The summed E-state index contributed by atoms with van der Waals surface area (Å²) in [5.74, 6) is -2.05. The van der Waals surface area contributed by atoms with Crippen LogP contribution in [0.2, 0.25) is 0 Å². The zero-order valence-electron chi connectivity index (χ0n) is 7.24. The van der Waals surface area contributed by atoms with Crippen LogP contribution in [0.1, 0.15) is 2.74 Å². The molecule has 0 saturated carbocycles. The van der Waals surface area contributed by atoms with Gasteiger partial charge in [0.1, 0.15) is 11.4 Å². The molecule has 5 heteroatoms. The smallest absolute Gasteiger partial charge is 0.143 e. The maximum atomic E-state index is 11.0. The average molecular weight is 157 g/mol. The van der Waals surface area contributed by atoms with E-state index in [1.54, 1.807) is 0 Å². The van der Waals surface area contributed by atoms with Gasteiger partial charge in [0, 0.05) is 0 Å². The zero-order valence-corrected chi connectivity index (χ0v) is 5.24. The monoisotopic (exact) mass is 157 g/mol. The summed E-state index contributed by atoms with van der Waals surface area (Å²) >= 11 is 0. The van der Waals surface area contributed by atoms with E-state index in [0.717, 1.165) is 6.07 Å². The number of nitrogens with zero attached hydrogens (tertiary/aromatic N) is 1. The molecule has 0 heterocycles. The Kier molecular flexibility index (Phi) is 1.26. The molecule has 11 heavy (non-hydrogen) atoms. The quantitative estimate of drug-likeness (QED) is 0.562. The molecule has 5 nitrogen and oxygen atoms in total. The molecular formula is C6H5NO4-. The van der Waals surface area contributed by atoms with Gasteiger partial charge in [0.15, 0.2) is 0 Å². The molecule has 2 N–H and O–H groups in total. The van der Waals surface area contributed by atoms with Crippen molar-refractivity contribution in [1.82, 2.24) is 0 Å². The lowest BCUT2D eigenvalue weighted by atomic mass is 10.3. The van der Waals surface area contributed by atoms with Gasteiger partial charge in [-0.25, -0.2) is 0 Å². The van der Waals surface area contributed by atoms with E-state index in [0.29, 0.717) is 0 Å². The van der Waals surface area contributed by atoms with E-state index < -0.39 is 34.5 Å². The molecule has 1 aromatic carbocycles. The van der Waals surface area contributed by atoms with Gasteiger partial charge in [-0.1, -0.05) is 28.3 Å². The molecule has 59 valence electrons. The minimum absolute atomic E-state index is 0.561. The van der Waals surface area contributed by atoms with Gasteiger partial charge in [-0.3, -0.25) is 5.21 Å². The van der Waals surface area contributed by atoms with Crippen LogP contribution in [-0.4, -0.2) is 10.3 Å². The van der Waals surface area contributed by atoms with Crippen molar-refractivity contribution in [3.8, 4) is 11.5 Å². The third-order valence-electron chi connectivity index (χ3n) is 1.04. The van der Waals surface area contributed by atoms with E-state index in [-0.39, 0.29) is 0 Å². The lowest BCUT2D eigenvalue weighted by molar-refractivity contribution is -0.269. The first-order valence-corrected chi connectivity index (χ1v) is 2.61. The summed E-state index contributed by atoms with van der Waals surface area (Å²) in [7, 11) is 0. The highest BCUT2D eigenvalue weighted by atomic mass is 16.8. The van der Waals surface area contributed by atoms with E-state index in [1.807, 2.05) is 0 Å². The van der Waals surface area contributed by atoms with E-state index >= 15 is 0 Å². The Balaban J connectivity index is 3.46. The SMILES string of the molecule is [2H]c1cc([2H])c(O)c(N([O])O)c1[O-]. The van der Waals surface area contributed by atoms with Crippen LogP contribution in [0.3, 0.4) is 0 Å².